The van der Waals surface area contributed by atoms with Crippen molar-refractivity contribution in [2.24, 2.45) is 11.8 Å². The van der Waals surface area contributed by atoms with Crippen LogP contribution >= 0.6 is 0 Å². The van der Waals surface area contributed by atoms with Crippen LogP contribution in [0.15, 0.2) is 24.3 Å². The molecule has 0 N–H and O–H groups in total. The van der Waals surface area contributed by atoms with E-state index in [2.05, 4.69) is 39.5 Å². The van der Waals surface area contributed by atoms with Crippen LogP contribution in [0.25, 0.3) is 0 Å². The molecule has 0 bridgehead atoms. The van der Waals surface area contributed by atoms with E-state index in [1.54, 1.807) is 0 Å². The van der Waals surface area contributed by atoms with Crippen molar-refractivity contribution in [3.63, 3.8) is 0 Å². The van der Waals surface area contributed by atoms with Crippen LogP contribution in [0, 0.1) is 11.8 Å². The lowest BCUT2D eigenvalue weighted by atomic mass is 9.97. The Balaban J connectivity index is 3.77. The lowest BCUT2D eigenvalue weighted by Gasteiger charge is -2.09. The summed E-state index contributed by atoms with van der Waals surface area (Å²) < 4.78 is 0. The highest BCUT2D eigenvalue weighted by molar-refractivity contribution is 5.11. The monoisotopic (exact) mass is 138 g/mol. The Morgan fingerprint density at radius 3 is 2.10 bits per heavy atom. The van der Waals surface area contributed by atoms with Crippen LogP contribution in [0.2, 0.25) is 0 Å². The second kappa shape index (κ2) is 4.32. The van der Waals surface area contributed by atoms with Gasteiger partial charge in [0.05, 0.1) is 0 Å². The topological polar surface area (TPSA) is 0 Å². The minimum atomic E-state index is 0.664. The molecule has 0 aliphatic heterocycles. The largest absolute Gasteiger partial charge is 0.0961 e. The van der Waals surface area contributed by atoms with E-state index in [1.165, 1.54) is 0 Å². The van der Waals surface area contributed by atoms with Gasteiger partial charge in [-0.3, -0.25) is 0 Å². The summed E-state index contributed by atoms with van der Waals surface area (Å²) >= 11 is 0. The molecule has 0 saturated heterocycles. The first-order valence-corrected chi connectivity index (χ1v) is 3.87. The first-order chi connectivity index (χ1) is 4.54. The Morgan fingerprint density at radius 1 is 1.30 bits per heavy atom. The van der Waals surface area contributed by atoms with Crippen molar-refractivity contribution in [3.05, 3.63) is 24.3 Å². The van der Waals surface area contributed by atoms with E-state index in [1.807, 2.05) is 6.92 Å². The molecule has 0 aromatic rings. The molecule has 0 fully saturated rings. The van der Waals surface area contributed by atoms with E-state index >= 15 is 0 Å². The van der Waals surface area contributed by atoms with Gasteiger partial charge in [-0.25, -0.2) is 0 Å². The molecule has 0 nitrogen and oxygen atoms in total. The molecule has 0 aliphatic carbocycles. The maximum atomic E-state index is 3.80. The maximum Gasteiger partial charge on any atom is -0.0236 e. The molecule has 0 saturated carbocycles. The molecule has 0 aromatic carbocycles. The highest BCUT2D eigenvalue weighted by Gasteiger charge is 2.00. The number of hydrogen-bond acceptors (Lipinski definition) is 0. The van der Waals surface area contributed by atoms with Crippen molar-refractivity contribution < 1.29 is 0 Å². The second-order valence-electron chi connectivity index (χ2n) is 3.31. The predicted molar refractivity (Wildman–Crippen MR) is 48.0 cm³/mol. The highest BCUT2D eigenvalue weighted by atomic mass is 14.1. The van der Waals surface area contributed by atoms with E-state index in [0.29, 0.717) is 5.92 Å². The van der Waals surface area contributed by atoms with Crippen LogP contribution in [0.5, 0.6) is 0 Å². The second-order valence-corrected chi connectivity index (χ2v) is 3.31. The predicted octanol–water partition coefficient (Wildman–Crippen LogP) is 3.41. The van der Waals surface area contributed by atoms with Crippen molar-refractivity contribution in [3.8, 4) is 0 Å². The summed E-state index contributed by atoms with van der Waals surface area (Å²) in [6.45, 7) is 12.5. The Kier molecular flexibility index (Phi) is 4.10. The number of allylic oxidation sites excluding steroid dienone is 3. The van der Waals surface area contributed by atoms with E-state index in [0.717, 1.165) is 11.5 Å². The minimum absolute atomic E-state index is 0.664. The zero-order valence-corrected chi connectivity index (χ0v) is 7.52. The Bertz CT molecular complexity index is 129. The molecule has 0 heteroatoms. The van der Waals surface area contributed by atoms with Crippen LogP contribution in [0.3, 0.4) is 0 Å². The van der Waals surface area contributed by atoms with Crippen LogP contribution in [-0.4, -0.2) is 0 Å². The zero-order valence-electron chi connectivity index (χ0n) is 7.52. The maximum absolute atomic E-state index is 3.80. The molecule has 0 heterocycles. The zero-order chi connectivity index (χ0) is 8.15. The van der Waals surface area contributed by atoms with Gasteiger partial charge in [0.2, 0.25) is 0 Å². The van der Waals surface area contributed by atoms with E-state index in [4.69, 9.17) is 0 Å². The standard InChI is InChI=1S/C10H18/c1-8(2)6-7-10(5)9(3)4/h6-7,9-10H,1H2,2-5H3/b7-6-. The summed E-state index contributed by atoms with van der Waals surface area (Å²) in [5.74, 6) is 1.40. The molecule has 0 rings (SSSR count). The van der Waals surface area contributed by atoms with Gasteiger partial charge in [-0.15, -0.1) is 0 Å². The summed E-state index contributed by atoms with van der Waals surface area (Å²) in [6, 6.07) is 0. The number of hydrogen-bond donors (Lipinski definition) is 0. The summed E-state index contributed by atoms with van der Waals surface area (Å²) in [5.41, 5.74) is 1.13. The lowest BCUT2D eigenvalue weighted by molar-refractivity contribution is 0.504. The average Bonchev–Trinajstić information content (AvgIpc) is 1.82. The molecule has 0 amide bonds. The molecular formula is C10H18. The van der Waals surface area contributed by atoms with Crippen molar-refractivity contribution >= 4 is 0 Å². The first kappa shape index (κ1) is 9.48. The Morgan fingerprint density at radius 2 is 1.80 bits per heavy atom. The molecule has 10 heavy (non-hydrogen) atoms. The smallest absolute Gasteiger partial charge is 0.0236 e. The average molecular weight is 138 g/mol. The fraction of sp³-hybridized carbons (Fsp3) is 0.600. The normalized spacial score (nSPS) is 14.5. The first-order valence-electron chi connectivity index (χ1n) is 3.87. The molecule has 1 atom stereocenters. The van der Waals surface area contributed by atoms with E-state index < -0.39 is 0 Å². The van der Waals surface area contributed by atoms with Crippen molar-refractivity contribution in [2.75, 3.05) is 0 Å². The van der Waals surface area contributed by atoms with Gasteiger partial charge in [0.15, 0.2) is 0 Å². The van der Waals surface area contributed by atoms with Crippen LogP contribution in [0.1, 0.15) is 27.7 Å². The third kappa shape index (κ3) is 4.37. The Hall–Kier alpha value is -0.520. The van der Waals surface area contributed by atoms with Crippen LogP contribution in [0.4, 0.5) is 0 Å². The van der Waals surface area contributed by atoms with Crippen molar-refractivity contribution in [1.29, 1.82) is 0 Å². The van der Waals surface area contributed by atoms with Crippen molar-refractivity contribution in [1.82, 2.24) is 0 Å². The van der Waals surface area contributed by atoms with Gasteiger partial charge in [-0.2, -0.15) is 0 Å². The van der Waals surface area contributed by atoms with Crippen molar-refractivity contribution in [2.45, 2.75) is 27.7 Å². The van der Waals surface area contributed by atoms with Crippen LogP contribution < -0.4 is 0 Å². The van der Waals surface area contributed by atoms with Gasteiger partial charge in [0.25, 0.3) is 0 Å². The molecule has 1 unspecified atom stereocenters. The summed E-state index contributed by atoms with van der Waals surface area (Å²) in [4.78, 5) is 0. The fourth-order valence-corrected chi connectivity index (χ4v) is 0.538. The SMILES string of the molecule is C=C(C)/C=C\C(C)C(C)C. The van der Waals surface area contributed by atoms with Crippen LogP contribution in [-0.2, 0) is 0 Å². The fourth-order valence-electron chi connectivity index (χ4n) is 0.538. The molecule has 0 radical (unpaired) electrons. The van der Waals surface area contributed by atoms with E-state index in [9.17, 15) is 0 Å². The van der Waals surface area contributed by atoms with Gasteiger partial charge in [-0.05, 0) is 18.8 Å². The van der Waals surface area contributed by atoms with Gasteiger partial charge < -0.3 is 0 Å². The molecular weight excluding hydrogens is 120 g/mol. The number of rotatable bonds is 3. The van der Waals surface area contributed by atoms with E-state index in [-0.39, 0.29) is 0 Å². The summed E-state index contributed by atoms with van der Waals surface area (Å²) in [6.07, 6.45) is 4.30. The highest BCUT2D eigenvalue weighted by Crippen LogP contribution is 2.11. The third-order valence-corrected chi connectivity index (χ3v) is 1.74. The summed E-state index contributed by atoms with van der Waals surface area (Å²) in [7, 11) is 0. The van der Waals surface area contributed by atoms with Gasteiger partial charge in [-0.1, -0.05) is 45.1 Å². The van der Waals surface area contributed by atoms with Gasteiger partial charge in [0, 0.05) is 0 Å². The minimum Gasteiger partial charge on any atom is -0.0961 e. The summed E-state index contributed by atoms with van der Waals surface area (Å²) in [5, 5.41) is 0. The van der Waals surface area contributed by atoms with Gasteiger partial charge in [0.1, 0.15) is 0 Å². The lowest BCUT2D eigenvalue weighted by Crippen LogP contribution is -1.98. The van der Waals surface area contributed by atoms with Gasteiger partial charge >= 0.3 is 0 Å². The molecule has 58 valence electrons. The molecule has 0 aliphatic rings. The quantitative estimate of drug-likeness (QED) is 0.524. The molecule has 0 spiro atoms. The third-order valence-electron chi connectivity index (χ3n) is 1.74. The molecule has 0 aromatic heterocycles. The Labute approximate surface area is 64.6 Å².